The largest absolute Gasteiger partial charge is 0.350 e. The summed E-state index contributed by atoms with van der Waals surface area (Å²) in [4.78, 5) is 42.5. The Morgan fingerprint density at radius 1 is 1.19 bits per heavy atom. The van der Waals surface area contributed by atoms with Crippen LogP contribution >= 0.6 is 11.6 Å². The van der Waals surface area contributed by atoms with Crippen molar-refractivity contribution in [3.63, 3.8) is 0 Å². The number of H-pyrrole nitrogens is 1. The number of aromatic amines is 1. The molecule has 0 radical (unpaired) electrons. The zero-order chi connectivity index (χ0) is 22.4. The summed E-state index contributed by atoms with van der Waals surface area (Å²) in [6.07, 6.45) is 0.988. The van der Waals surface area contributed by atoms with Gasteiger partial charge >= 0.3 is 5.69 Å². The van der Waals surface area contributed by atoms with E-state index >= 15 is 0 Å². The van der Waals surface area contributed by atoms with Crippen LogP contribution in [0.3, 0.4) is 0 Å². The molecule has 2 aromatic heterocycles. The maximum atomic E-state index is 13.4. The van der Waals surface area contributed by atoms with Crippen LogP contribution in [0, 0.1) is 5.92 Å². The Kier molecular flexibility index (Phi) is 5.11. The van der Waals surface area contributed by atoms with Gasteiger partial charge in [-0.15, -0.1) is 0 Å². The third-order valence-electron chi connectivity index (χ3n) is 6.09. The van der Waals surface area contributed by atoms with E-state index in [0.29, 0.717) is 39.3 Å². The van der Waals surface area contributed by atoms with E-state index in [2.05, 4.69) is 15.6 Å². The molecule has 1 saturated heterocycles. The van der Waals surface area contributed by atoms with Crippen molar-refractivity contribution in [3.8, 4) is 5.69 Å². The number of benzene rings is 2. The van der Waals surface area contributed by atoms with Crippen LogP contribution < -0.4 is 21.9 Å². The topological polar surface area (TPSA) is 101 Å². The Morgan fingerprint density at radius 3 is 2.78 bits per heavy atom. The van der Waals surface area contributed by atoms with Gasteiger partial charge in [-0.3, -0.25) is 9.59 Å². The second-order valence-electron chi connectivity index (χ2n) is 8.10. The Bertz CT molecular complexity index is 1480. The van der Waals surface area contributed by atoms with Crippen LogP contribution in [0.4, 0.5) is 0 Å². The first-order valence-corrected chi connectivity index (χ1v) is 10.8. The van der Waals surface area contributed by atoms with Gasteiger partial charge in [-0.25, -0.2) is 9.36 Å². The number of rotatable bonds is 4. The van der Waals surface area contributed by atoms with E-state index in [0.717, 1.165) is 24.1 Å². The molecule has 0 aliphatic carbocycles. The molecule has 8 nitrogen and oxygen atoms in total. The highest BCUT2D eigenvalue weighted by Crippen LogP contribution is 2.30. The molecule has 4 aromatic rings. The van der Waals surface area contributed by atoms with Gasteiger partial charge in [0.2, 0.25) is 0 Å². The maximum absolute atomic E-state index is 13.4. The molecule has 164 valence electrons. The van der Waals surface area contributed by atoms with E-state index in [1.165, 1.54) is 0 Å². The van der Waals surface area contributed by atoms with Crippen molar-refractivity contribution in [2.24, 2.45) is 13.0 Å². The molecule has 2 aromatic carbocycles. The van der Waals surface area contributed by atoms with Gasteiger partial charge in [0.25, 0.3) is 11.5 Å². The van der Waals surface area contributed by atoms with Crippen LogP contribution in [-0.2, 0) is 7.05 Å². The van der Waals surface area contributed by atoms with E-state index in [-0.39, 0.29) is 17.3 Å². The van der Waals surface area contributed by atoms with Crippen LogP contribution in [0.2, 0.25) is 5.02 Å². The predicted molar refractivity (Wildman–Crippen MR) is 125 cm³/mol. The Labute approximate surface area is 187 Å². The third-order valence-corrected chi connectivity index (χ3v) is 6.33. The standard InChI is InChI=1S/C23H22ClN5O3/c1-28-18-7-6-14(24)10-16(18)19(20(28)21(30)26-12-13-8-9-25-11-13)29-22(31)15-4-2-3-5-17(15)27-23(29)32/h2-7,10,13,25H,8-9,11-12H2,1H3,(H,26,30)(H,27,32). The molecule has 1 atom stereocenters. The first-order chi connectivity index (χ1) is 15.5. The molecule has 0 spiro atoms. The molecule has 1 unspecified atom stereocenters. The molecule has 3 heterocycles. The molecule has 1 aliphatic rings. The van der Waals surface area contributed by atoms with Crippen molar-refractivity contribution in [2.45, 2.75) is 6.42 Å². The Balaban J connectivity index is 1.75. The lowest BCUT2D eigenvalue weighted by molar-refractivity contribution is 0.0940. The quantitative estimate of drug-likeness (QED) is 0.442. The smallest absolute Gasteiger partial charge is 0.333 e. The molecule has 9 heteroatoms. The summed E-state index contributed by atoms with van der Waals surface area (Å²) in [5, 5.41) is 7.62. The lowest BCUT2D eigenvalue weighted by Gasteiger charge is -2.13. The molecule has 3 N–H and O–H groups in total. The monoisotopic (exact) mass is 451 g/mol. The molecule has 1 aliphatic heterocycles. The normalized spacial score (nSPS) is 16.1. The molecular formula is C23H22ClN5O3. The Morgan fingerprint density at radius 2 is 2.00 bits per heavy atom. The highest BCUT2D eigenvalue weighted by atomic mass is 35.5. The number of hydrogen-bond acceptors (Lipinski definition) is 4. The summed E-state index contributed by atoms with van der Waals surface area (Å²) < 4.78 is 2.73. The van der Waals surface area contributed by atoms with Crippen LogP contribution in [0.25, 0.3) is 27.5 Å². The van der Waals surface area contributed by atoms with Gasteiger partial charge in [-0.2, -0.15) is 0 Å². The zero-order valence-electron chi connectivity index (χ0n) is 17.4. The first-order valence-electron chi connectivity index (χ1n) is 10.5. The molecule has 0 saturated carbocycles. The average molecular weight is 452 g/mol. The zero-order valence-corrected chi connectivity index (χ0v) is 18.2. The number of aryl methyl sites for hydroxylation is 1. The minimum absolute atomic E-state index is 0.226. The number of carbonyl (C=O) groups excluding carboxylic acids is 1. The second-order valence-corrected chi connectivity index (χ2v) is 8.54. The average Bonchev–Trinajstić information content (AvgIpc) is 3.39. The lowest BCUT2D eigenvalue weighted by atomic mass is 10.1. The van der Waals surface area contributed by atoms with Gasteiger partial charge < -0.3 is 20.2 Å². The van der Waals surface area contributed by atoms with Crippen molar-refractivity contribution >= 4 is 39.3 Å². The van der Waals surface area contributed by atoms with E-state index < -0.39 is 11.2 Å². The Hall–Kier alpha value is -3.36. The van der Waals surface area contributed by atoms with E-state index in [1.807, 2.05) is 0 Å². The second kappa shape index (κ2) is 7.96. The number of hydrogen-bond donors (Lipinski definition) is 3. The van der Waals surface area contributed by atoms with Crippen molar-refractivity contribution in [3.05, 3.63) is 74.0 Å². The number of aromatic nitrogens is 3. The molecule has 5 rings (SSSR count). The number of fused-ring (bicyclic) bond motifs is 2. The van der Waals surface area contributed by atoms with Gasteiger partial charge in [0, 0.05) is 24.0 Å². The summed E-state index contributed by atoms with van der Waals surface area (Å²) in [6.45, 7) is 2.29. The summed E-state index contributed by atoms with van der Waals surface area (Å²) in [6, 6.07) is 12.0. The summed E-state index contributed by atoms with van der Waals surface area (Å²) >= 11 is 6.25. The van der Waals surface area contributed by atoms with Crippen molar-refractivity contribution in [1.82, 2.24) is 24.8 Å². The predicted octanol–water partition coefficient (Wildman–Crippen LogP) is 2.16. The summed E-state index contributed by atoms with van der Waals surface area (Å²) in [5.41, 5.74) is 0.481. The number of nitrogens with one attached hydrogen (secondary N) is 3. The van der Waals surface area contributed by atoms with E-state index in [4.69, 9.17) is 11.6 Å². The van der Waals surface area contributed by atoms with Gasteiger partial charge in [0.1, 0.15) is 5.69 Å². The fraction of sp³-hybridized carbons (Fsp3) is 0.261. The third kappa shape index (κ3) is 3.32. The minimum atomic E-state index is -0.616. The van der Waals surface area contributed by atoms with Crippen molar-refractivity contribution in [2.75, 3.05) is 19.6 Å². The number of carbonyl (C=O) groups is 1. The van der Waals surface area contributed by atoms with Crippen molar-refractivity contribution in [1.29, 1.82) is 0 Å². The SMILES string of the molecule is Cn1c(C(=O)NCC2CCNC2)c(-n2c(=O)[nH]c3ccccc3c2=O)c2cc(Cl)ccc21. The first kappa shape index (κ1) is 20.5. The molecule has 1 fully saturated rings. The summed E-state index contributed by atoms with van der Waals surface area (Å²) in [7, 11) is 1.74. The van der Waals surface area contributed by atoms with E-state index in [9.17, 15) is 14.4 Å². The lowest BCUT2D eigenvalue weighted by Crippen LogP contribution is -2.37. The number of amides is 1. The molecule has 0 bridgehead atoms. The highest BCUT2D eigenvalue weighted by Gasteiger charge is 2.26. The molecular weight excluding hydrogens is 430 g/mol. The van der Waals surface area contributed by atoms with Gasteiger partial charge in [-0.05, 0) is 55.8 Å². The summed E-state index contributed by atoms with van der Waals surface area (Å²) in [5.74, 6) is -0.000459. The number of halogens is 1. The van der Waals surface area contributed by atoms with Gasteiger partial charge in [-0.1, -0.05) is 23.7 Å². The molecule has 1 amide bonds. The molecule has 32 heavy (non-hydrogen) atoms. The minimum Gasteiger partial charge on any atom is -0.350 e. The number of nitrogens with zero attached hydrogens (tertiary/aromatic N) is 2. The van der Waals surface area contributed by atoms with Crippen LogP contribution in [-0.4, -0.2) is 39.7 Å². The van der Waals surface area contributed by atoms with Crippen LogP contribution in [0.5, 0.6) is 0 Å². The van der Waals surface area contributed by atoms with Gasteiger partial charge in [0.15, 0.2) is 0 Å². The van der Waals surface area contributed by atoms with Crippen molar-refractivity contribution < 1.29 is 4.79 Å². The highest BCUT2D eigenvalue weighted by molar-refractivity contribution is 6.31. The maximum Gasteiger partial charge on any atom is 0.333 e. The number of para-hydroxylation sites is 1. The van der Waals surface area contributed by atoms with Crippen LogP contribution in [0.1, 0.15) is 16.9 Å². The van der Waals surface area contributed by atoms with Gasteiger partial charge in [0.05, 0.1) is 22.1 Å². The fourth-order valence-electron chi connectivity index (χ4n) is 4.46. The van der Waals surface area contributed by atoms with Crippen LogP contribution in [0.15, 0.2) is 52.1 Å². The van der Waals surface area contributed by atoms with E-state index in [1.54, 1.807) is 54.1 Å². The fourth-order valence-corrected chi connectivity index (χ4v) is 4.63.